The smallest absolute Gasteiger partial charge is 0.242 e. The number of carbonyl (C=O) groups is 2. The molecule has 3 saturated carbocycles. The number of nitrogens with zero attached hydrogens (tertiary/aromatic N) is 3. The summed E-state index contributed by atoms with van der Waals surface area (Å²) in [7, 11) is 7.63. The lowest BCUT2D eigenvalue weighted by Crippen LogP contribution is -2.55. The summed E-state index contributed by atoms with van der Waals surface area (Å²) >= 11 is 0. The number of rotatable bonds is 12. The largest absolute Gasteiger partial charge is 0.381 e. The second kappa shape index (κ2) is 15.2. The molecule has 1 saturated heterocycles. The van der Waals surface area contributed by atoms with Crippen molar-refractivity contribution >= 4 is 12.2 Å². The molecule has 0 aromatic heterocycles. The highest BCUT2D eigenvalue weighted by Crippen LogP contribution is 2.45. The van der Waals surface area contributed by atoms with Gasteiger partial charge in [0.2, 0.25) is 5.91 Å². The molecular weight excluding hydrogens is 496 g/mol. The molecule has 0 bridgehead atoms. The number of hydrogen-bond acceptors (Lipinski definition) is 8. The van der Waals surface area contributed by atoms with Crippen LogP contribution >= 0.6 is 0 Å². The van der Waals surface area contributed by atoms with Crippen molar-refractivity contribution in [2.45, 2.75) is 102 Å². The molecule has 3 aliphatic carbocycles. The number of nitrogens with one attached hydrogen (secondary N) is 1. The summed E-state index contributed by atoms with van der Waals surface area (Å²) in [6.45, 7) is 2.75. The fourth-order valence-corrected chi connectivity index (χ4v) is 8.13. The average Bonchev–Trinajstić information content (AvgIpc) is 3.47. The zero-order valence-corrected chi connectivity index (χ0v) is 24.9. The highest BCUT2D eigenvalue weighted by molar-refractivity contribution is 5.81. The normalized spacial score (nSPS) is 33.8. The average molecular weight is 551 g/mol. The number of ether oxygens (including phenoxy) is 1. The van der Waals surface area contributed by atoms with Crippen molar-refractivity contribution in [3.8, 4) is 0 Å². The van der Waals surface area contributed by atoms with Crippen LogP contribution in [0.4, 0.5) is 0 Å². The van der Waals surface area contributed by atoms with E-state index < -0.39 is 6.04 Å². The molecule has 9 heteroatoms. The monoisotopic (exact) mass is 550 g/mol. The van der Waals surface area contributed by atoms with Gasteiger partial charge in [0.15, 0.2) is 0 Å². The van der Waals surface area contributed by atoms with Gasteiger partial charge in [-0.15, -0.1) is 5.59 Å². The molecule has 0 radical (unpaired) electrons. The Kier molecular flexibility index (Phi) is 12.0. The van der Waals surface area contributed by atoms with E-state index in [1.807, 2.05) is 7.11 Å². The van der Waals surface area contributed by atoms with Crippen LogP contribution in [0.15, 0.2) is 0 Å². The van der Waals surface area contributed by atoms with E-state index in [9.17, 15) is 9.59 Å². The molecule has 9 nitrogen and oxygen atoms in total. The summed E-state index contributed by atoms with van der Waals surface area (Å²) in [5.74, 6) is 1.58. The molecule has 0 aromatic carbocycles. The SMILES string of the molecule is CONN(C(=O)C1CC(C2CCCC(CN3CCCO3)C2OC)CC(N(C)C)C1)C(C=O)CC1CCCCC1. The van der Waals surface area contributed by atoms with Gasteiger partial charge in [0.1, 0.15) is 12.3 Å². The number of carbonyl (C=O) groups excluding carboxylic acids is 2. The van der Waals surface area contributed by atoms with Gasteiger partial charge in [-0.3, -0.25) is 14.5 Å². The Morgan fingerprint density at radius 2 is 1.85 bits per heavy atom. The number of methoxy groups -OCH3 is 1. The third-order valence-electron chi connectivity index (χ3n) is 10.2. The van der Waals surface area contributed by atoms with Gasteiger partial charge in [0.25, 0.3) is 0 Å². The molecule has 224 valence electrons. The minimum Gasteiger partial charge on any atom is -0.381 e. The van der Waals surface area contributed by atoms with E-state index in [0.29, 0.717) is 36.1 Å². The van der Waals surface area contributed by atoms with Crippen molar-refractivity contribution in [3.05, 3.63) is 0 Å². The van der Waals surface area contributed by atoms with Crippen LogP contribution in [-0.4, -0.2) is 93.4 Å². The van der Waals surface area contributed by atoms with Crippen LogP contribution in [-0.2, 0) is 24.0 Å². The van der Waals surface area contributed by atoms with Gasteiger partial charge in [-0.1, -0.05) is 38.5 Å². The maximum Gasteiger partial charge on any atom is 0.242 e. The van der Waals surface area contributed by atoms with Crippen LogP contribution in [0.5, 0.6) is 0 Å². The molecule has 1 N–H and O–H groups in total. The van der Waals surface area contributed by atoms with Gasteiger partial charge >= 0.3 is 0 Å². The molecule has 39 heavy (non-hydrogen) atoms. The van der Waals surface area contributed by atoms with E-state index in [1.165, 1.54) is 37.8 Å². The molecule has 4 rings (SSSR count). The first-order valence-electron chi connectivity index (χ1n) is 15.6. The zero-order valence-electron chi connectivity index (χ0n) is 24.9. The molecular formula is C30H54N4O5. The topological polar surface area (TPSA) is 83.6 Å². The van der Waals surface area contributed by atoms with Crippen LogP contribution in [0.25, 0.3) is 0 Å². The van der Waals surface area contributed by atoms with Crippen molar-refractivity contribution in [1.82, 2.24) is 20.6 Å². The summed E-state index contributed by atoms with van der Waals surface area (Å²) in [5, 5.41) is 3.65. The van der Waals surface area contributed by atoms with Gasteiger partial charge in [-0.05, 0) is 76.8 Å². The minimum atomic E-state index is -0.509. The lowest BCUT2D eigenvalue weighted by molar-refractivity contribution is -0.165. The highest BCUT2D eigenvalue weighted by Gasteiger charge is 2.45. The molecule has 0 spiro atoms. The predicted molar refractivity (Wildman–Crippen MR) is 150 cm³/mol. The van der Waals surface area contributed by atoms with Gasteiger partial charge in [0.05, 0.1) is 19.8 Å². The van der Waals surface area contributed by atoms with Crippen molar-refractivity contribution in [2.24, 2.45) is 29.6 Å². The van der Waals surface area contributed by atoms with Crippen molar-refractivity contribution in [2.75, 3.05) is 48.0 Å². The van der Waals surface area contributed by atoms with Gasteiger partial charge < -0.3 is 14.4 Å². The van der Waals surface area contributed by atoms with E-state index in [-0.39, 0.29) is 17.9 Å². The molecule has 1 aliphatic heterocycles. The lowest BCUT2D eigenvalue weighted by atomic mass is 9.65. The van der Waals surface area contributed by atoms with Crippen molar-refractivity contribution in [3.63, 3.8) is 0 Å². The third-order valence-corrected chi connectivity index (χ3v) is 10.2. The Labute approximate surface area is 236 Å². The van der Waals surface area contributed by atoms with Crippen LogP contribution in [0.1, 0.15) is 83.5 Å². The summed E-state index contributed by atoms with van der Waals surface area (Å²) in [5.41, 5.74) is 2.82. The summed E-state index contributed by atoms with van der Waals surface area (Å²) in [6, 6.07) is -0.195. The van der Waals surface area contributed by atoms with Crippen LogP contribution in [0.3, 0.4) is 0 Å². The summed E-state index contributed by atoms with van der Waals surface area (Å²) in [4.78, 5) is 39.8. The lowest BCUT2D eigenvalue weighted by Gasteiger charge is -2.47. The van der Waals surface area contributed by atoms with Gasteiger partial charge in [-0.2, -0.15) is 5.06 Å². The number of hydroxylamine groups is 2. The van der Waals surface area contributed by atoms with E-state index >= 15 is 0 Å². The number of hydrogen-bond donors (Lipinski definition) is 1. The number of amides is 1. The Morgan fingerprint density at radius 1 is 1.05 bits per heavy atom. The van der Waals surface area contributed by atoms with Gasteiger partial charge in [-0.25, -0.2) is 5.01 Å². The Balaban J connectivity index is 1.49. The highest BCUT2D eigenvalue weighted by atomic mass is 16.7. The van der Waals surface area contributed by atoms with E-state index in [0.717, 1.165) is 77.3 Å². The fourth-order valence-electron chi connectivity index (χ4n) is 8.13. The quantitative estimate of drug-likeness (QED) is 0.290. The van der Waals surface area contributed by atoms with Crippen LogP contribution in [0.2, 0.25) is 0 Å². The predicted octanol–water partition coefficient (Wildman–Crippen LogP) is 3.83. The maximum atomic E-state index is 14.1. The molecule has 1 heterocycles. The minimum absolute atomic E-state index is 0.00639. The van der Waals surface area contributed by atoms with E-state index in [1.54, 1.807) is 0 Å². The summed E-state index contributed by atoms with van der Waals surface area (Å²) < 4.78 is 6.23. The first kappa shape index (κ1) is 30.8. The van der Waals surface area contributed by atoms with Crippen molar-refractivity contribution < 1.29 is 24.0 Å². The molecule has 7 atom stereocenters. The number of aldehydes is 1. The fraction of sp³-hybridized carbons (Fsp3) is 0.933. The second-order valence-electron chi connectivity index (χ2n) is 12.9. The summed E-state index contributed by atoms with van der Waals surface area (Å²) in [6.07, 6.45) is 15.1. The van der Waals surface area contributed by atoms with Gasteiger partial charge in [0, 0.05) is 38.1 Å². The second-order valence-corrected chi connectivity index (χ2v) is 12.9. The first-order chi connectivity index (χ1) is 18.9. The van der Waals surface area contributed by atoms with E-state index in [4.69, 9.17) is 14.4 Å². The van der Waals surface area contributed by atoms with E-state index in [2.05, 4.69) is 29.6 Å². The molecule has 7 unspecified atom stereocenters. The Hall–Kier alpha value is -1.10. The van der Waals surface area contributed by atoms with Crippen LogP contribution in [0, 0.1) is 29.6 Å². The molecule has 4 fully saturated rings. The number of hydrazine groups is 1. The standard InChI is InChI=1S/C30H54N4O5/c1-32(2)26-18-24(28-13-8-12-23(29(28)37-3)20-33-14-9-15-39-33)17-25(19-26)30(36)34(31-38-4)27(21-35)16-22-10-6-5-7-11-22/h21-29,31H,5-20H2,1-4H3. The van der Waals surface area contributed by atoms with Crippen molar-refractivity contribution in [1.29, 1.82) is 0 Å². The third kappa shape index (κ3) is 8.01. The Morgan fingerprint density at radius 3 is 2.49 bits per heavy atom. The molecule has 0 aromatic rings. The Bertz CT molecular complexity index is 758. The molecule has 1 amide bonds. The molecule has 4 aliphatic rings. The van der Waals surface area contributed by atoms with Crippen LogP contribution < -0.4 is 5.59 Å². The maximum absolute atomic E-state index is 14.1. The zero-order chi connectivity index (χ0) is 27.8. The first-order valence-corrected chi connectivity index (χ1v) is 15.6.